The molecule has 0 unspecified atom stereocenters. The number of hydrogen-bond donors (Lipinski definition) is 1. The van der Waals surface area contributed by atoms with Gasteiger partial charge in [-0.1, -0.05) is 11.3 Å². The molecule has 0 aromatic carbocycles. The summed E-state index contributed by atoms with van der Waals surface area (Å²) in [5.74, 6) is -0.231. The molecule has 106 valence electrons. The number of carbonyl (C=O) groups excluding carboxylic acids is 1. The number of aromatic nitrogens is 2. The van der Waals surface area contributed by atoms with Crippen molar-refractivity contribution in [1.29, 1.82) is 0 Å². The Labute approximate surface area is 121 Å². The van der Waals surface area contributed by atoms with Gasteiger partial charge in [0.1, 0.15) is 0 Å². The topological polar surface area (TPSA) is 67.4 Å². The summed E-state index contributed by atoms with van der Waals surface area (Å²) in [7, 11) is 0. The first-order valence-corrected chi connectivity index (χ1v) is 7.28. The Morgan fingerprint density at radius 3 is 2.74 bits per heavy atom. The van der Waals surface area contributed by atoms with Crippen molar-refractivity contribution < 1.29 is 9.53 Å². The summed E-state index contributed by atoms with van der Waals surface area (Å²) in [6, 6.07) is 0. The van der Waals surface area contributed by atoms with Crippen LogP contribution in [0.25, 0.3) is 0 Å². The maximum absolute atomic E-state index is 11.9. The van der Waals surface area contributed by atoms with Crippen LogP contribution < -0.4 is 5.32 Å². The summed E-state index contributed by atoms with van der Waals surface area (Å²) in [6.45, 7) is 7.99. The normalized spacial score (nSPS) is 17.4. The van der Waals surface area contributed by atoms with Crippen LogP contribution in [-0.4, -0.2) is 59.4 Å². The van der Waals surface area contributed by atoms with Gasteiger partial charge in [0.25, 0.3) is 5.91 Å². The molecule has 1 N–H and O–H groups in total. The molecule has 0 bridgehead atoms. The number of morpholine rings is 1. The van der Waals surface area contributed by atoms with Crippen LogP contribution in [0.1, 0.15) is 23.6 Å². The number of amides is 1. The van der Waals surface area contributed by atoms with Gasteiger partial charge < -0.3 is 10.1 Å². The molecule has 0 atom stereocenters. The van der Waals surface area contributed by atoms with Crippen LogP contribution in [0.2, 0.25) is 4.47 Å². The molecule has 0 radical (unpaired) electrons. The van der Waals surface area contributed by atoms with Gasteiger partial charge in [0.2, 0.25) is 9.47 Å². The molecule has 0 aliphatic carbocycles. The average molecular weight is 305 g/mol. The number of ether oxygens (including phenoxy) is 1. The van der Waals surface area contributed by atoms with Gasteiger partial charge in [0, 0.05) is 25.2 Å². The van der Waals surface area contributed by atoms with E-state index in [2.05, 4.69) is 34.3 Å². The second kappa shape index (κ2) is 6.13. The van der Waals surface area contributed by atoms with Crippen molar-refractivity contribution in [3.05, 3.63) is 9.47 Å². The first-order chi connectivity index (χ1) is 8.99. The zero-order chi connectivity index (χ0) is 13.9. The lowest BCUT2D eigenvalue weighted by atomic mass is 10.0. The van der Waals surface area contributed by atoms with Gasteiger partial charge >= 0.3 is 0 Å². The van der Waals surface area contributed by atoms with Gasteiger partial charge in [-0.2, -0.15) is 0 Å². The minimum Gasteiger partial charge on any atom is -0.379 e. The van der Waals surface area contributed by atoms with Crippen molar-refractivity contribution in [3.8, 4) is 0 Å². The van der Waals surface area contributed by atoms with Crippen molar-refractivity contribution in [3.63, 3.8) is 0 Å². The predicted molar refractivity (Wildman–Crippen MR) is 73.7 cm³/mol. The van der Waals surface area contributed by atoms with Gasteiger partial charge in [-0.3, -0.25) is 9.69 Å². The molecule has 1 aromatic rings. The standard InChI is InChI=1S/C11H17ClN4O2S/c1-11(2,16-3-5-18-6-4-16)7-13-8(17)9-14-15-10(12)19-9/h3-7H2,1-2H3,(H,13,17). The molecule has 1 aliphatic heterocycles. The van der Waals surface area contributed by atoms with E-state index in [1.54, 1.807) is 0 Å². The lowest BCUT2D eigenvalue weighted by Gasteiger charge is -2.40. The van der Waals surface area contributed by atoms with Crippen molar-refractivity contribution in [2.24, 2.45) is 0 Å². The van der Waals surface area contributed by atoms with Gasteiger partial charge in [0.15, 0.2) is 0 Å². The molecule has 1 fully saturated rings. The van der Waals surface area contributed by atoms with E-state index in [0.717, 1.165) is 37.6 Å². The summed E-state index contributed by atoms with van der Waals surface area (Å²) in [6.07, 6.45) is 0. The number of halogens is 1. The second-order valence-corrected chi connectivity index (χ2v) is 6.51. The quantitative estimate of drug-likeness (QED) is 0.900. The fraction of sp³-hybridized carbons (Fsp3) is 0.727. The van der Waals surface area contributed by atoms with E-state index in [1.807, 2.05) is 0 Å². The molecule has 1 amide bonds. The van der Waals surface area contributed by atoms with Gasteiger partial charge in [-0.25, -0.2) is 0 Å². The molecule has 0 saturated carbocycles. The lowest BCUT2D eigenvalue weighted by Crippen LogP contribution is -2.55. The highest BCUT2D eigenvalue weighted by atomic mass is 35.5. The Balaban J connectivity index is 1.88. The molecule has 8 heteroatoms. The Morgan fingerprint density at radius 2 is 2.16 bits per heavy atom. The van der Waals surface area contributed by atoms with Crippen molar-refractivity contribution >= 4 is 28.8 Å². The van der Waals surface area contributed by atoms with Crippen LogP contribution in [0.5, 0.6) is 0 Å². The zero-order valence-corrected chi connectivity index (χ0v) is 12.6. The number of rotatable bonds is 4. The number of hydrogen-bond acceptors (Lipinski definition) is 6. The monoisotopic (exact) mass is 304 g/mol. The van der Waals surface area contributed by atoms with Crippen LogP contribution >= 0.6 is 22.9 Å². The summed E-state index contributed by atoms with van der Waals surface area (Å²) in [4.78, 5) is 14.2. The predicted octanol–water partition coefficient (Wildman–Crippen LogP) is 1.03. The third-order valence-corrected chi connectivity index (χ3v) is 4.16. The lowest BCUT2D eigenvalue weighted by molar-refractivity contribution is -0.00923. The molecular formula is C11H17ClN4O2S. The molecular weight excluding hydrogens is 288 g/mol. The van der Waals surface area contributed by atoms with Gasteiger partial charge in [-0.15, -0.1) is 10.2 Å². The Bertz CT molecular complexity index is 446. The second-order valence-electron chi connectivity index (χ2n) is 4.95. The van der Waals surface area contributed by atoms with Crippen LogP contribution in [0.4, 0.5) is 0 Å². The fourth-order valence-corrected chi connectivity index (χ4v) is 2.69. The third-order valence-electron chi connectivity index (χ3n) is 3.14. The number of nitrogens with zero attached hydrogens (tertiary/aromatic N) is 3. The summed E-state index contributed by atoms with van der Waals surface area (Å²) in [5, 5.41) is 10.5. The highest BCUT2D eigenvalue weighted by Crippen LogP contribution is 2.17. The number of carbonyl (C=O) groups is 1. The van der Waals surface area contributed by atoms with E-state index in [9.17, 15) is 4.79 Å². The van der Waals surface area contributed by atoms with Crippen LogP contribution in [-0.2, 0) is 4.74 Å². The molecule has 0 spiro atoms. The van der Waals surface area contributed by atoms with Crippen LogP contribution in [0, 0.1) is 0 Å². The molecule has 6 nitrogen and oxygen atoms in total. The fourth-order valence-electron chi connectivity index (χ4n) is 1.95. The smallest absolute Gasteiger partial charge is 0.282 e. The largest absolute Gasteiger partial charge is 0.379 e. The van der Waals surface area contributed by atoms with Gasteiger partial charge in [-0.05, 0) is 25.4 Å². The van der Waals surface area contributed by atoms with E-state index < -0.39 is 0 Å². The first kappa shape index (κ1) is 14.6. The average Bonchev–Trinajstić information content (AvgIpc) is 2.84. The summed E-state index contributed by atoms with van der Waals surface area (Å²) < 4.78 is 5.61. The minimum absolute atomic E-state index is 0.117. The van der Waals surface area contributed by atoms with Crippen molar-refractivity contribution in [2.45, 2.75) is 19.4 Å². The van der Waals surface area contributed by atoms with E-state index in [-0.39, 0.29) is 15.9 Å². The van der Waals surface area contributed by atoms with Crippen LogP contribution in [0.3, 0.4) is 0 Å². The zero-order valence-electron chi connectivity index (χ0n) is 11.0. The van der Waals surface area contributed by atoms with E-state index in [1.165, 1.54) is 0 Å². The molecule has 2 rings (SSSR count). The highest BCUT2D eigenvalue weighted by Gasteiger charge is 2.29. The maximum atomic E-state index is 11.9. The molecule has 1 aliphatic rings. The first-order valence-electron chi connectivity index (χ1n) is 6.09. The van der Waals surface area contributed by atoms with Crippen molar-refractivity contribution in [2.75, 3.05) is 32.8 Å². The molecule has 19 heavy (non-hydrogen) atoms. The van der Waals surface area contributed by atoms with E-state index in [4.69, 9.17) is 16.3 Å². The van der Waals surface area contributed by atoms with E-state index >= 15 is 0 Å². The SMILES string of the molecule is CC(C)(CNC(=O)c1nnc(Cl)s1)N1CCOCC1. The Morgan fingerprint density at radius 1 is 1.47 bits per heavy atom. The highest BCUT2D eigenvalue weighted by molar-refractivity contribution is 7.17. The maximum Gasteiger partial charge on any atom is 0.282 e. The third kappa shape index (κ3) is 3.85. The van der Waals surface area contributed by atoms with Crippen LogP contribution in [0.15, 0.2) is 0 Å². The molecule has 2 heterocycles. The number of nitrogens with one attached hydrogen (secondary N) is 1. The van der Waals surface area contributed by atoms with Gasteiger partial charge in [0.05, 0.1) is 13.2 Å². The van der Waals surface area contributed by atoms with Crippen molar-refractivity contribution in [1.82, 2.24) is 20.4 Å². The summed E-state index contributed by atoms with van der Waals surface area (Å²) >= 11 is 6.74. The summed E-state index contributed by atoms with van der Waals surface area (Å²) in [5.41, 5.74) is -0.117. The molecule has 1 aromatic heterocycles. The molecule has 1 saturated heterocycles. The minimum atomic E-state index is -0.231. The Kier molecular flexibility index (Phi) is 4.72. The Hall–Kier alpha value is -0.760. The van der Waals surface area contributed by atoms with E-state index in [0.29, 0.717) is 11.6 Å².